The van der Waals surface area contributed by atoms with Gasteiger partial charge in [-0.15, -0.1) is 5.10 Å². The van der Waals surface area contributed by atoms with Gasteiger partial charge in [0.1, 0.15) is 12.7 Å². The number of nitrogens with zero attached hydrogens (tertiary/aromatic N) is 2. The second kappa shape index (κ2) is 3.18. The monoisotopic (exact) mass is 182 g/mol. The summed E-state index contributed by atoms with van der Waals surface area (Å²) < 4.78 is 11.4. The third-order valence-electron chi connectivity index (χ3n) is 1.71. The summed E-state index contributed by atoms with van der Waals surface area (Å²) >= 11 is 0. The molecule has 0 amide bonds. The zero-order chi connectivity index (χ0) is 9.26. The first-order valence-corrected chi connectivity index (χ1v) is 4.07. The maximum absolute atomic E-state index is 10.8. The van der Waals surface area contributed by atoms with E-state index in [1.54, 1.807) is 12.3 Å². The van der Waals surface area contributed by atoms with Crippen LogP contribution >= 0.6 is 0 Å². The van der Waals surface area contributed by atoms with Crippen LogP contribution in [0.2, 0.25) is 0 Å². The van der Waals surface area contributed by atoms with E-state index >= 15 is 0 Å². The van der Waals surface area contributed by atoms with Crippen molar-refractivity contribution in [1.82, 2.24) is 9.78 Å². The predicted molar refractivity (Wildman–Crippen MR) is 43.8 cm³/mol. The van der Waals surface area contributed by atoms with Gasteiger partial charge in [-0.05, 0) is 0 Å². The molecule has 1 aliphatic rings. The number of carbonyl (C=O) groups excluding carboxylic acids is 1. The van der Waals surface area contributed by atoms with Crippen molar-refractivity contribution in [2.75, 3.05) is 13.2 Å². The Labute approximate surface area is 75.2 Å². The number of ether oxygens (including phenoxy) is 2. The van der Waals surface area contributed by atoms with Crippen LogP contribution in [0.1, 0.15) is 11.7 Å². The fraction of sp³-hybridized carbons (Fsp3) is 0.500. The average Bonchev–Trinajstić information content (AvgIpc) is 2.79. The summed E-state index contributed by atoms with van der Waals surface area (Å²) in [7, 11) is 0. The first kappa shape index (κ1) is 8.25. The quantitative estimate of drug-likeness (QED) is 0.632. The van der Waals surface area contributed by atoms with E-state index in [1.165, 1.54) is 11.6 Å². The Morgan fingerprint density at radius 2 is 2.69 bits per heavy atom. The van der Waals surface area contributed by atoms with E-state index in [-0.39, 0.29) is 12.0 Å². The van der Waals surface area contributed by atoms with Crippen molar-refractivity contribution in [2.24, 2.45) is 0 Å². The minimum Gasteiger partial charge on any atom is -0.474 e. The normalized spacial score (nSPS) is 19.9. The minimum atomic E-state index is -0.127. The van der Waals surface area contributed by atoms with E-state index in [1.807, 2.05) is 0 Å². The van der Waals surface area contributed by atoms with Crippen LogP contribution in [-0.4, -0.2) is 35.0 Å². The van der Waals surface area contributed by atoms with Gasteiger partial charge in [0.25, 0.3) is 0 Å². The van der Waals surface area contributed by atoms with E-state index in [0.717, 1.165) is 6.61 Å². The van der Waals surface area contributed by atoms with E-state index < -0.39 is 0 Å². The highest BCUT2D eigenvalue weighted by Gasteiger charge is 2.23. The third-order valence-corrected chi connectivity index (χ3v) is 1.71. The van der Waals surface area contributed by atoms with E-state index in [4.69, 9.17) is 9.47 Å². The highest BCUT2D eigenvalue weighted by atomic mass is 16.6. The van der Waals surface area contributed by atoms with Gasteiger partial charge in [-0.2, -0.15) is 0 Å². The largest absolute Gasteiger partial charge is 0.474 e. The van der Waals surface area contributed by atoms with Crippen molar-refractivity contribution in [3.63, 3.8) is 0 Å². The van der Waals surface area contributed by atoms with Crippen LogP contribution < -0.4 is 4.74 Å². The lowest BCUT2D eigenvalue weighted by Gasteiger charge is -1.97. The van der Waals surface area contributed by atoms with E-state index in [0.29, 0.717) is 12.5 Å². The van der Waals surface area contributed by atoms with Crippen LogP contribution in [0, 0.1) is 0 Å². The van der Waals surface area contributed by atoms with Crippen LogP contribution in [0.5, 0.6) is 5.88 Å². The Balaban J connectivity index is 1.92. The molecular formula is C8H10N2O3. The average molecular weight is 182 g/mol. The first-order chi connectivity index (χ1) is 6.25. The Morgan fingerprint density at radius 3 is 3.23 bits per heavy atom. The first-order valence-electron chi connectivity index (χ1n) is 4.07. The Hall–Kier alpha value is -1.36. The zero-order valence-electron chi connectivity index (χ0n) is 7.27. The Morgan fingerprint density at radius 1 is 1.92 bits per heavy atom. The zero-order valence-corrected chi connectivity index (χ0v) is 7.27. The maximum atomic E-state index is 10.8. The van der Waals surface area contributed by atoms with Crippen molar-refractivity contribution in [2.45, 2.75) is 13.0 Å². The topological polar surface area (TPSA) is 56.6 Å². The lowest BCUT2D eigenvalue weighted by Crippen LogP contribution is -2.08. The van der Waals surface area contributed by atoms with E-state index in [9.17, 15) is 4.79 Å². The number of epoxide rings is 1. The van der Waals surface area contributed by atoms with Crippen molar-refractivity contribution < 1.29 is 14.3 Å². The molecule has 0 unspecified atom stereocenters. The highest BCUT2D eigenvalue weighted by molar-refractivity contribution is 5.75. The van der Waals surface area contributed by atoms with Gasteiger partial charge in [-0.25, -0.2) is 4.68 Å². The molecule has 0 saturated carbocycles. The number of rotatable bonds is 3. The summed E-state index contributed by atoms with van der Waals surface area (Å²) in [5.41, 5.74) is 0. The van der Waals surface area contributed by atoms with E-state index in [2.05, 4.69) is 5.10 Å². The van der Waals surface area contributed by atoms with Gasteiger partial charge >= 0.3 is 0 Å². The fourth-order valence-electron chi connectivity index (χ4n) is 0.902. The summed E-state index contributed by atoms with van der Waals surface area (Å²) in [5.74, 6) is 0.336. The lowest BCUT2D eigenvalue weighted by atomic mass is 10.5. The maximum Gasteiger partial charge on any atom is 0.243 e. The molecule has 1 aromatic heterocycles. The van der Waals surface area contributed by atoms with Crippen LogP contribution in [0.25, 0.3) is 0 Å². The molecule has 0 spiro atoms. The summed E-state index contributed by atoms with van der Waals surface area (Å²) in [4.78, 5) is 10.8. The fourth-order valence-corrected chi connectivity index (χ4v) is 0.902. The van der Waals surface area contributed by atoms with Gasteiger partial charge in [-0.1, -0.05) is 0 Å². The lowest BCUT2D eigenvalue weighted by molar-refractivity contribution is 0.0918. The molecule has 1 atom stereocenters. The van der Waals surface area contributed by atoms with Crippen LogP contribution in [0.3, 0.4) is 0 Å². The second-order valence-corrected chi connectivity index (χ2v) is 2.88. The molecule has 5 nitrogen and oxygen atoms in total. The molecule has 0 N–H and O–H groups in total. The summed E-state index contributed by atoms with van der Waals surface area (Å²) in [6, 6.07) is 1.66. The summed E-state index contributed by atoms with van der Waals surface area (Å²) in [5, 5.41) is 3.90. The van der Waals surface area contributed by atoms with Gasteiger partial charge in [0, 0.05) is 19.2 Å². The number of hydrogen-bond acceptors (Lipinski definition) is 4. The van der Waals surface area contributed by atoms with Crippen molar-refractivity contribution in [3.05, 3.63) is 12.3 Å². The predicted octanol–water partition coefficient (Wildman–Crippen LogP) is 0.321. The molecule has 70 valence electrons. The van der Waals surface area contributed by atoms with Crippen molar-refractivity contribution in [3.8, 4) is 5.88 Å². The molecule has 1 aromatic rings. The molecule has 1 aliphatic heterocycles. The van der Waals surface area contributed by atoms with Gasteiger partial charge in [-0.3, -0.25) is 4.79 Å². The molecule has 5 heteroatoms. The molecule has 13 heavy (non-hydrogen) atoms. The molecule has 1 saturated heterocycles. The summed E-state index contributed by atoms with van der Waals surface area (Å²) in [6.07, 6.45) is 1.79. The van der Waals surface area contributed by atoms with Gasteiger partial charge in [0.15, 0.2) is 0 Å². The smallest absolute Gasteiger partial charge is 0.243 e. The van der Waals surface area contributed by atoms with Crippen molar-refractivity contribution in [1.29, 1.82) is 0 Å². The van der Waals surface area contributed by atoms with Gasteiger partial charge < -0.3 is 9.47 Å². The Kier molecular flexibility index (Phi) is 2.02. The molecule has 1 fully saturated rings. The van der Waals surface area contributed by atoms with Crippen LogP contribution in [0.15, 0.2) is 12.3 Å². The number of hydrogen-bond donors (Lipinski definition) is 0. The van der Waals surface area contributed by atoms with Crippen molar-refractivity contribution >= 4 is 5.91 Å². The number of aromatic nitrogens is 2. The van der Waals surface area contributed by atoms with Gasteiger partial charge in [0.2, 0.25) is 11.8 Å². The minimum absolute atomic E-state index is 0.127. The second-order valence-electron chi connectivity index (χ2n) is 2.88. The number of carbonyl (C=O) groups is 1. The molecule has 0 aromatic carbocycles. The molecule has 0 radical (unpaired) electrons. The molecule has 2 heterocycles. The van der Waals surface area contributed by atoms with Crippen LogP contribution in [-0.2, 0) is 4.74 Å². The molecule has 0 bridgehead atoms. The molecular weight excluding hydrogens is 172 g/mol. The molecule has 0 aliphatic carbocycles. The summed E-state index contributed by atoms with van der Waals surface area (Å²) in [6.45, 7) is 2.71. The Bertz CT molecular complexity index is 317. The van der Waals surface area contributed by atoms with Crippen LogP contribution in [0.4, 0.5) is 0 Å². The van der Waals surface area contributed by atoms with Gasteiger partial charge in [0.05, 0.1) is 6.61 Å². The third kappa shape index (κ3) is 2.06. The highest BCUT2D eigenvalue weighted by Crippen LogP contribution is 2.12. The SMILES string of the molecule is CC(=O)n1ccc(OC[C@@H]2CO2)n1. The standard InChI is InChI=1S/C8H10N2O3/c1-6(11)10-3-2-8(9-10)13-5-7-4-12-7/h2-3,7H,4-5H2,1H3/t7-/m0/s1. The molecule has 2 rings (SSSR count).